The molecule has 4 heteroatoms. The van der Waals surface area contributed by atoms with E-state index in [0.29, 0.717) is 24.3 Å². The number of hydrogen-bond donors (Lipinski definition) is 0. The van der Waals surface area contributed by atoms with Gasteiger partial charge >= 0.3 is 0 Å². The summed E-state index contributed by atoms with van der Waals surface area (Å²) >= 11 is 0. The van der Waals surface area contributed by atoms with E-state index in [1.165, 1.54) is 11.1 Å². The van der Waals surface area contributed by atoms with Crippen molar-refractivity contribution in [3.63, 3.8) is 0 Å². The van der Waals surface area contributed by atoms with E-state index < -0.39 is 0 Å². The van der Waals surface area contributed by atoms with E-state index in [9.17, 15) is 4.79 Å². The lowest BCUT2D eigenvalue weighted by Gasteiger charge is -2.09. The van der Waals surface area contributed by atoms with E-state index in [4.69, 9.17) is 10.00 Å². The molecule has 0 N–H and O–H groups in total. The van der Waals surface area contributed by atoms with Gasteiger partial charge in [-0.25, -0.2) is 4.79 Å². The minimum atomic E-state index is 0. The molecule has 0 bridgehead atoms. The average molecular weight is 358 g/mol. The molecule has 0 saturated heterocycles. The molecule has 0 saturated carbocycles. The largest absolute Gasteiger partial charge is 0.388 e. The van der Waals surface area contributed by atoms with Gasteiger partial charge in [0.15, 0.2) is 0 Å². The second-order valence-corrected chi connectivity index (χ2v) is 6.34. The lowest BCUT2D eigenvalue weighted by Crippen LogP contribution is -1.93. The number of carbonyl (C=O) groups excluding carboxylic acids is 1. The summed E-state index contributed by atoms with van der Waals surface area (Å²) in [6, 6.07) is 21.7. The molecule has 27 heavy (non-hydrogen) atoms. The number of benzene rings is 3. The van der Waals surface area contributed by atoms with Crippen LogP contribution in [0.4, 0.5) is 5.69 Å². The average Bonchev–Trinajstić information content (AvgIpc) is 2.67. The molecule has 0 aliphatic carbocycles. The zero-order chi connectivity index (χ0) is 19.1. The first kappa shape index (κ1) is 18.1. The maximum Gasteiger partial charge on any atom is 0.292 e. The Hall–Kier alpha value is -3.67. The van der Waals surface area contributed by atoms with Gasteiger partial charge in [0.1, 0.15) is 5.75 Å². The molecule has 3 aromatic rings. The highest BCUT2D eigenvalue weighted by atomic mass is 16.5. The van der Waals surface area contributed by atoms with E-state index in [2.05, 4.69) is 36.2 Å². The van der Waals surface area contributed by atoms with Crippen LogP contribution in [0.15, 0.2) is 71.7 Å². The standard InChI is InChI=1S/C23H18N2O2.2H2/c1-17-2-4-19(5-3-17)13-21-9-6-20(14-23(21)25-16-26)12-18-7-10-22(11-8-18)27-15-24;;/h2-11,14H,12-13H2,1H3;2*1H. The summed E-state index contributed by atoms with van der Waals surface area (Å²) < 4.78 is 4.79. The molecular formula is C23H22N2O2. The minimum absolute atomic E-state index is 0. The van der Waals surface area contributed by atoms with Crippen LogP contribution in [-0.2, 0) is 17.6 Å². The van der Waals surface area contributed by atoms with Crippen LogP contribution < -0.4 is 4.74 Å². The molecule has 3 aromatic carbocycles. The van der Waals surface area contributed by atoms with Crippen molar-refractivity contribution in [3.8, 4) is 12.0 Å². The third-order valence-electron chi connectivity index (χ3n) is 4.33. The van der Waals surface area contributed by atoms with Gasteiger partial charge in [-0.1, -0.05) is 54.1 Å². The number of nitrogens with zero attached hydrogens (tertiary/aromatic N) is 2. The number of ether oxygens (including phenoxy) is 1. The van der Waals surface area contributed by atoms with Crippen molar-refractivity contribution < 1.29 is 12.4 Å². The van der Waals surface area contributed by atoms with Crippen molar-refractivity contribution in [3.05, 3.63) is 94.5 Å². The topological polar surface area (TPSA) is 62.4 Å². The predicted molar refractivity (Wildman–Crippen MR) is 108 cm³/mol. The van der Waals surface area contributed by atoms with Gasteiger partial charge in [0.2, 0.25) is 6.08 Å². The Morgan fingerprint density at radius 1 is 0.926 bits per heavy atom. The van der Waals surface area contributed by atoms with Gasteiger partial charge in [0.25, 0.3) is 6.26 Å². The molecule has 0 aliphatic rings. The lowest BCUT2D eigenvalue weighted by molar-refractivity contribution is 0.507. The van der Waals surface area contributed by atoms with Gasteiger partial charge in [-0.3, -0.25) is 0 Å². The summed E-state index contributed by atoms with van der Waals surface area (Å²) in [5, 5.41) is 8.54. The van der Waals surface area contributed by atoms with Crippen molar-refractivity contribution in [2.45, 2.75) is 19.8 Å². The van der Waals surface area contributed by atoms with E-state index in [-0.39, 0.29) is 2.85 Å². The predicted octanol–water partition coefficient (Wildman–Crippen LogP) is 5.50. The van der Waals surface area contributed by atoms with Crippen LogP contribution in [0.3, 0.4) is 0 Å². The fraction of sp³-hybridized carbons (Fsp3) is 0.130. The molecule has 3 rings (SSSR count). The van der Waals surface area contributed by atoms with Gasteiger partial charge in [-0.2, -0.15) is 4.99 Å². The smallest absolute Gasteiger partial charge is 0.292 e. The number of aliphatic imine (C=N–C) groups is 1. The summed E-state index contributed by atoms with van der Waals surface area (Å²) in [6.45, 7) is 2.06. The Bertz CT molecular complexity index is 1020. The molecule has 136 valence electrons. The highest BCUT2D eigenvalue weighted by molar-refractivity contribution is 5.57. The van der Waals surface area contributed by atoms with Crippen LogP contribution in [0, 0.1) is 18.4 Å². The fourth-order valence-electron chi connectivity index (χ4n) is 2.91. The molecule has 0 atom stereocenters. The number of rotatable bonds is 6. The van der Waals surface area contributed by atoms with Gasteiger partial charge < -0.3 is 4.74 Å². The Labute approximate surface area is 161 Å². The normalized spacial score (nSPS) is 9.93. The molecule has 0 unspecified atom stereocenters. The summed E-state index contributed by atoms with van der Waals surface area (Å²) in [4.78, 5) is 14.8. The van der Waals surface area contributed by atoms with E-state index in [1.807, 2.05) is 30.3 Å². The van der Waals surface area contributed by atoms with Crippen LogP contribution in [-0.4, -0.2) is 6.08 Å². The van der Waals surface area contributed by atoms with Crippen LogP contribution in [0.5, 0.6) is 5.75 Å². The molecule has 4 nitrogen and oxygen atoms in total. The molecule has 0 radical (unpaired) electrons. The first-order valence-corrected chi connectivity index (χ1v) is 8.58. The fourth-order valence-corrected chi connectivity index (χ4v) is 2.91. The first-order chi connectivity index (χ1) is 13.2. The summed E-state index contributed by atoms with van der Waals surface area (Å²) in [5.74, 6) is 0.515. The van der Waals surface area contributed by atoms with E-state index in [0.717, 1.165) is 16.7 Å². The van der Waals surface area contributed by atoms with Crippen molar-refractivity contribution in [1.82, 2.24) is 0 Å². The summed E-state index contributed by atoms with van der Waals surface area (Å²) in [6.07, 6.45) is 4.72. The number of aryl methyl sites for hydroxylation is 1. The van der Waals surface area contributed by atoms with Crippen molar-refractivity contribution in [2.24, 2.45) is 4.99 Å². The van der Waals surface area contributed by atoms with Crippen molar-refractivity contribution >= 4 is 11.8 Å². The van der Waals surface area contributed by atoms with Gasteiger partial charge in [0, 0.05) is 2.85 Å². The first-order valence-electron chi connectivity index (χ1n) is 8.58. The van der Waals surface area contributed by atoms with E-state index >= 15 is 0 Å². The maximum atomic E-state index is 10.9. The maximum absolute atomic E-state index is 10.9. The van der Waals surface area contributed by atoms with E-state index in [1.54, 1.807) is 24.5 Å². The second-order valence-electron chi connectivity index (χ2n) is 6.34. The monoisotopic (exact) mass is 358 g/mol. The summed E-state index contributed by atoms with van der Waals surface area (Å²) in [7, 11) is 0. The van der Waals surface area contributed by atoms with Gasteiger partial charge in [-0.15, -0.1) is 5.26 Å². The second kappa shape index (κ2) is 8.62. The van der Waals surface area contributed by atoms with Crippen molar-refractivity contribution in [2.75, 3.05) is 0 Å². The number of hydrogen-bond acceptors (Lipinski definition) is 4. The molecule has 0 aliphatic heterocycles. The van der Waals surface area contributed by atoms with Gasteiger partial charge in [-0.05, 0) is 60.2 Å². The Kier molecular flexibility index (Phi) is 5.79. The highest BCUT2D eigenvalue weighted by Gasteiger charge is 2.06. The van der Waals surface area contributed by atoms with Gasteiger partial charge in [0.05, 0.1) is 5.69 Å². The molecule has 0 fully saturated rings. The minimum Gasteiger partial charge on any atom is -0.388 e. The molecule has 0 aromatic heterocycles. The lowest BCUT2D eigenvalue weighted by atomic mass is 9.98. The molecule has 0 spiro atoms. The SMILES string of the molecule is Cc1ccc(Cc2ccc(Cc3ccc(OC#N)cc3)cc2N=C=O)cc1.[HH].[HH]. The third-order valence-corrected chi connectivity index (χ3v) is 4.33. The Balaban J connectivity index is 0.00000210. The number of isocyanates is 1. The zero-order valence-electron chi connectivity index (χ0n) is 15.0. The summed E-state index contributed by atoms with van der Waals surface area (Å²) in [5.41, 5.74) is 6.14. The zero-order valence-corrected chi connectivity index (χ0v) is 15.0. The molecular weight excluding hydrogens is 336 g/mol. The third kappa shape index (κ3) is 4.92. The van der Waals surface area contributed by atoms with Crippen LogP contribution in [0.2, 0.25) is 0 Å². The molecule has 0 amide bonds. The van der Waals surface area contributed by atoms with Crippen LogP contribution in [0.25, 0.3) is 0 Å². The Morgan fingerprint density at radius 2 is 1.56 bits per heavy atom. The quantitative estimate of drug-likeness (QED) is 0.332. The van der Waals surface area contributed by atoms with Crippen molar-refractivity contribution in [1.29, 1.82) is 5.26 Å². The molecule has 0 heterocycles. The van der Waals surface area contributed by atoms with Crippen LogP contribution in [0.1, 0.15) is 30.7 Å². The number of nitriles is 1. The Morgan fingerprint density at radius 3 is 2.22 bits per heavy atom. The van der Waals surface area contributed by atoms with Crippen LogP contribution >= 0.6 is 0 Å². The highest BCUT2D eigenvalue weighted by Crippen LogP contribution is 2.25.